The van der Waals surface area contributed by atoms with Gasteiger partial charge in [-0.05, 0) is 11.6 Å². The lowest BCUT2D eigenvalue weighted by Crippen LogP contribution is -2.03. The van der Waals surface area contributed by atoms with Crippen LogP contribution < -0.4 is 5.73 Å². The van der Waals surface area contributed by atoms with Gasteiger partial charge in [-0.1, -0.05) is 6.07 Å². The maximum Gasteiger partial charge on any atom is 0.164 e. The van der Waals surface area contributed by atoms with Crippen LogP contribution in [0.15, 0.2) is 30.9 Å². The second-order valence-corrected chi connectivity index (χ2v) is 2.92. The van der Waals surface area contributed by atoms with Gasteiger partial charge in [0.05, 0.1) is 13.1 Å². The zero-order valence-electron chi connectivity index (χ0n) is 7.67. The molecule has 0 bridgehead atoms. The van der Waals surface area contributed by atoms with Crippen LogP contribution in [0.25, 0.3) is 0 Å². The fraction of sp³-hybridized carbons (Fsp3) is 0.222. The first kappa shape index (κ1) is 8.83. The van der Waals surface area contributed by atoms with Crippen molar-refractivity contribution >= 4 is 0 Å². The van der Waals surface area contributed by atoms with Crippen molar-refractivity contribution < 1.29 is 0 Å². The summed E-state index contributed by atoms with van der Waals surface area (Å²) in [5, 5.41) is 4.18. The highest BCUT2D eigenvalue weighted by atomic mass is 15.3. The Morgan fingerprint density at radius 1 is 1.43 bits per heavy atom. The van der Waals surface area contributed by atoms with E-state index in [2.05, 4.69) is 15.1 Å². The molecule has 2 heterocycles. The minimum atomic E-state index is 0.375. The lowest BCUT2D eigenvalue weighted by atomic mass is 10.3. The molecule has 2 N–H and O–H groups in total. The molecule has 0 fully saturated rings. The summed E-state index contributed by atoms with van der Waals surface area (Å²) in [4.78, 5) is 8.06. The van der Waals surface area contributed by atoms with Crippen molar-refractivity contribution in [2.45, 2.75) is 13.1 Å². The number of aromatic nitrogens is 4. The largest absolute Gasteiger partial charge is 0.324 e. The molecule has 0 saturated carbocycles. The summed E-state index contributed by atoms with van der Waals surface area (Å²) in [7, 11) is 0. The Bertz CT molecular complexity index is 395. The molecule has 2 rings (SSSR count). The molecule has 5 heteroatoms. The van der Waals surface area contributed by atoms with E-state index in [0.717, 1.165) is 5.56 Å². The molecular weight excluding hydrogens is 178 g/mol. The van der Waals surface area contributed by atoms with Gasteiger partial charge >= 0.3 is 0 Å². The normalized spacial score (nSPS) is 10.4. The van der Waals surface area contributed by atoms with Gasteiger partial charge in [0.1, 0.15) is 6.33 Å². The van der Waals surface area contributed by atoms with Crippen molar-refractivity contribution in [3.63, 3.8) is 0 Å². The number of pyridine rings is 1. The zero-order valence-corrected chi connectivity index (χ0v) is 7.67. The first-order valence-electron chi connectivity index (χ1n) is 4.36. The maximum absolute atomic E-state index is 5.41. The topological polar surface area (TPSA) is 69.6 Å². The van der Waals surface area contributed by atoms with Gasteiger partial charge in [-0.2, -0.15) is 5.10 Å². The van der Waals surface area contributed by atoms with E-state index < -0.39 is 0 Å². The van der Waals surface area contributed by atoms with Crippen LogP contribution in [-0.4, -0.2) is 19.7 Å². The molecule has 2 aromatic heterocycles. The number of nitrogens with zero attached hydrogens (tertiary/aromatic N) is 4. The molecule has 0 aliphatic heterocycles. The Hall–Kier alpha value is -1.75. The zero-order chi connectivity index (χ0) is 9.80. The van der Waals surface area contributed by atoms with Gasteiger partial charge < -0.3 is 5.73 Å². The van der Waals surface area contributed by atoms with Crippen molar-refractivity contribution in [1.82, 2.24) is 19.7 Å². The van der Waals surface area contributed by atoms with Crippen molar-refractivity contribution in [3.8, 4) is 0 Å². The Morgan fingerprint density at radius 2 is 2.36 bits per heavy atom. The Kier molecular flexibility index (Phi) is 2.51. The molecule has 0 amide bonds. The van der Waals surface area contributed by atoms with E-state index in [1.807, 2.05) is 18.3 Å². The third-order valence-electron chi connectivity index (χ3n) is 1.83. The summed E-state index contributed by atoms with van der Waals surface area (Å²) in [5.41, 5.74) is 6.50. The molecule has 0 saturated heterocycles. The van der Waals surface area contributed by atoms with Crippen molar-refractivity contribution in [3.05, 3.63) is 42.2 Å². The molecule has 0 unspecified atom stereocenters. The summed E-state index contributed by atoms with van der Waals surface area (Å²) in [6, 6.07) is 3.90. The van der Waals surface area contributed by atoms with Crippen LogP contribution in [0, 0.1) is 0 Å². The van der Waals surface area contributed by atoms with Crippen LogP contribution in [0.3, 0.4) is 0 Å². The Balaban J connectivity index is 2.11. The van der Waals surface area contributed by atoms with E-state index in [-0.39, 0.29) is 0 Å². The molecule has 0 atom stereocenters. The monoisotopic (exact) mass is 189 g/mol. The second kappa shape index (κ2) is 3.97. The molecule has 0 aliphatic rings. The van der Waals surface area contributed by atoms with Crippen LogP contribution >= 0.6 is 0 Å². The molecule has 5 nitrogen and oxygen atoms in total. The van der Waals surface area contributed by atoms with E-state index >= 15 is 0 Å². The number of nitrogens with two attached hydrogens (primary N) is 1. The van der Waals surface area contributed by atoms with Gasteiger partial charge in [-0.15, -0.1) is 0 Å². The average molecular weight is 189 g/mol. The van der Waals surface area contributed by atoms with E-state index in [1.165, 1.54) is 0 Å². The van der Waals surface area contributed by atoms with Gasteiger partial charge in [-0.25, -0.2) is 9.67 Å². The van der Waals surface area contributed by atoms with Gasteiger partial charge in [0, 0.05) is 12.4 Å². The third kappa shape index (κ3) is 1.94. The molecule has 14 heavy (non-hydrogen) atoms. The lowest BCUT2D eigenvalue weighted by Gasteiger charge is -1.98. The Morgan fingerprint density at radius 3 is 3.00 bits per heavy atom. The number of hydrogen-bond acceptors (Lipinski definition) is 4. The smallest absolute Gasteiger partial charge is 0.164 e. The lowest BCUT2D eigenvalue weighted by molar-refractivity contribution is 0.670. The first-order chi connectivity index (χ1) is 6.88. The molecule has 0 radical (unpaired) electrons. The summed E-state index contributed by atoms with van der Waals surface area (Å²) >= 11 is 0. The van der Waals surface area contributed by atoms with Crippen LogP contribution in [0.4, 0.5) is 0 Å². The predicted octanol–water partition coefficient (Wildman–Crippen LogP) is 0.180. The van der Waals surface area contributed by atoms with Crippen molar-refractivity contribution in [1.29, 1.82) is 0 Å². The molecule has 0 spiro atoms. The summed E-state index contributed by atoms with van der Waals surface area (Å²) in [6.45, 7) is 1.06. The van der Waals surface area contributed by atoms with E-state index in [9.17, 15) is 0 Å². The SMILES string of the molecule is NCc1ncn(Cc2cccnc2)n1. The van der Waals surface area contributed by atoms with E-state index in [4.69, 9.17) is 5.73 Å². The van der Waals surface area contributed by atoms with Crippen LogP contribution in [-0.2, 0) is 13.1 Å². The second-order valence-electron chi connectivity index (χ2n) is 2.92. The van der Waals surface area contributed by atoms with Gasteiger partial charge in [-0.3, -0.25) is 4.98 Å². The maximum atomic E-state index is 5.41. The molecular formula is C9H11N5. The van der Waals surface area contributed by atoms with Crippen molar-refractivity contribution in [2.75, 3.05) is 0 Å². The minimum absolute atomic E-state index is 0.375. The highest BCUT2D eigenvalue weighted by molar-refractivity contribution is 5.08. The minimum Gasteiger partial charge on any atom is -0.324 e. The molecule has 2 aromatic rings. The fourth-order valence-corrected chi connectivity index (χ4v) is 1.18. The molecule has 0 aromatic carbocycles. The van der Waals surface area contributed by atoms with Gasteiger partial charge in [0.25, 0.3) is 0 Å². The van der Waals surface area contributed by atoms with E-state index in [1.54, 1.807) is 17.2 Å². The van der Waals surface area contributed by atoms with Crippen LogP contribution in [0.1, 0.15) is 11.4 Å². The quantitative estimate of drug-likeness (QED) is 0.747. The predicted molar refractivity (Wildman–Crippen MR) is 51.3 cm³/mol. The van der Waals surface area contributed by atoms with Crippen molar-refractivity contribution in [2.24, 2.45) is 5.73 Å². The highest BCUT2D eigenvalue weighted by Gasteiger charge is 1.98. The Labute approximate surface area is 81.6 Å². The summed E-state index contributed by atoms with van der Waals surface area (Å²) in [6.07, 6.45) is 5.23. The van der Waals surface area contributed by atoms with Gasteiger partial charge in [0.15, 0.2) is 5.82 Å². The highest BCUT2D eigenvalue weighted by Crippen LogP contribution is 1.98. The third-order valence-corrected chi connectivity index (χ3v) is 1.83. The fourth-order valence-electron chi connectivity index (χ4n) is 1.18. The van der Waals surface area contributed by atoms with E-state index in [0.29, 0.717) is 18.9 Å². The average Bonchev–Trinajstić information content (AvgIpc) is 2.67. The summed E-state index contributed by atoms with van der Waals surface area (Å²) < 4.78 is 1.75. The van der Waals surface area contributed by atoms with Crippen LogP contribution in [0.2, 0.25) is 0 Å². The first-order valence-corrected chi connectivity index (χ1v) is 4.36. The van der Waals surface area contributed by atoms with Crippen LogP contribution in [0.5, 0.6) is 0 Å². The summed E-state index contributed by atoms with van der Waals surface area (Å²) in [5.74, 6) is 0.661. The number of hydrogen-bond donors (Lipinski definition) is 1. The molecule has 0 aliphatic carbocycles. The number of rotatable bonds is 3. The van der Waals surface area contributed by atoms with Gasteiger partial charge in [0.2, 0.25) is 0 Å². The standard InChI is InChI=1S/C9H11N5/c10-4-9-12-7-14(13-9)6-8-2-1-3-11-5-8/h1-3,5,7H,4,6,10H2. The molecule has 72 valence electrons.